The lowest BCUT2D eigenvalue weighted by molar-refractivity contribution is 0.0874. The van der Waals surface area contributed by atoms with Crippen molar-refractivity contribution in [1.29, 1.82) is 0 Å². The number of nitrogen functional groups attached to an aromatic ring is 1. The fourth-order valence-electron chi connectivity index (χ4n) is 1.81. The number of nitrogens with zero attached hydrogens (tertiary/aromatic N) is 2. The molecule has 1 atom stereocenters. The summed E-state index contributed by atoms with van der Waals surface area (Å²) in [6.45, 7) is 6.47. The zero-order chi connectivity index (χ0) is 13.7. The van der Waals surface area contributed by atoms with E-state index in [4.69, 9.17) is 10.5 Å². The normalized spacial score (nSPS) is 13.0. The summed E-state index contributed by atoms with van der Waals surface area (Å²) >= 11 is 2.22. The zero-order valence-electron chi connectivity index (χ0n) is 11.5. The number of anilines is 1. The van der Waals surface area contributed by atoms with Crippen LogP contribution < -0.4 is 5.73 Å². The van der Waals surface area contributed by atoms with Crippen LogP contribution in [-0.2, 0) is 11.2 Å². The van der Waals surface area contributed by atoms with Gasteiger partial charge in [0.2, 0.25) is 0 Å². The molecule has 0 radical (unpaired) electrons. The number of rotatable bonds is 6. The Hall–Kier alpha value is -0.430. The van der Waals surface area contributed by atoms with Gasteiger partial charge in [-0.05, 0) is 41.4 Å². The third-order valence-electron chi connectivity index (χ3n) is 2.69. The molecule has 1 aromatic heterocycles. The SMILES string of the molecule is CCCC(OC)c1nc(N)c(I)c(CC(C)C)n1. The van der Waals surface area contributed by atoms with Crippen molar-refractivity contribution < 1.29 is 4.74 Å². The van der Waals surface area contributed by atoms with Gasteiger partial charge in [0.05, 0.1) is 9.26 Å². The van der Waals surface area contributed by atoms with E-state index in [1.807, 2.05) is 0 Å². The summed E-state index contributed by atoms with van der Waals surface area (Å²) in [5, 5.41) is 0. The molecule has 0 fully saturated rings. The van der Waals surface area contributed by atoms with Crippen molar-refractivity contribution in [3.05, 3.63) is 15.1 Å². The minimum Gasteiger partial charge on any atom is -0.383 e. The van der Waals surface area contributed by atoms with E-state index in [0.29, 0.717) is 17.6 Å². The summed E-state index contributed by atoms with van der Waals surface area (Å²) in [6.07, 6.45) is 2.81. The van der Waals surface area contributed by atoms with Crippen LogP contribution in [0.4, 0.5) is 5.82 Å². The molecule has 0 amide bonds. The average molecular weight is 363 g/mol. The van der Waals surface area contributed by atoms with Gasteiger partial charge in [0.15, 0.2) is 5.82 Å². The van der Waals surface area contributed by atoms with Crippen LogP contribution >= 0.6 is 22.6 Å². The smallest absolute Gasteiger partial charge is 0.159 e. The number of ether oxygens (including phenoxy) is 1. The predicted octanol–water partition coefficient (Wildman–Crippen LogP) is 3.35. The number of hydrogen-bond donors (Lipinski definition) is 1. The van der Waals surface area contributed by atoms with Crippen LogP contribution in [0.5, 0.6) is 0 Å². The largest absolute Gasteiger partial charge is 0.383 e. The van der Waals surface area contributed by atoms with Gasteiger partial charge in [-0.25, -0.2) is 9.97 Å². The Balaban J connectivity index is 3.09. The van der Waals surface area contributed by atoms with Gasteiger partial charge in [0, 0.05) is 7.11 Å². The van der Waals surface area contributed by atoms with Crippen LogP contribution in [0, 0.1) is 9.49 Å². The summed E-state index contributed by atoms with van der Waals surface area (Å²) in [4.78, 5) is 9.00. The first-order chi connectivity index (χ1) is 8.49. The van der Waals surface area contributed by atoms with Crippen molar-refractivity contribution in [2.24, 2.45) is 5.92 Å². The zero-order valence-corrected chi connectivity index (χ0v) is 13.7. The van der Waals surface area contributed by atoms with Crippen molar-refractivity contribution >= 4 is 28.4 Å². The van der Waals surface area contributed by atoms with Gasteiger partial charge in [0.1, 0.15) is 11.9 Å². The summed E-state index contributed by atoms with van der Waals surface area (Å²) in [5.41, 5.74) is 7.01. The van der Waals surface area contributed by atoms with Crippen molar-refractivity contribution in [2.75, 3.05) is 12.8 Å². The van der Waals surface area contributed by atoms with Gasteiger partial charge >= 0.3 is 0 Å². The second-order valence-electron chi connectivity index (χ2n) is 4.84. The second-order valence-corrected chi connectivity index (χ2v) is 5.92. The van der Waals surface area contributed by atoms with Crippen LogP contribution in [0.25, 0.3) is 0 Å². The van der Waals surface area contributed by atoms with Crippen molar-refractivity contribution in [2.45, 2.75) is 46.1 Å². The first kappa shape index (κ1) is 15.6. The van der Waals surface area contributed by atoms with Crippen LogP contribution in [-0.4, -0.2) is 17.1 Å². The van der Waals surface area contributed by atoms with Crippen molar-refractivity contribution in [3.63, 3.8) is 0 Å². The van der Waals surface area contributed by atoms with E-state index in [9.17, 15) is 0 Å². The molecule has 18 heavy (non-hydrogen) atoms. The Bertz CT molecular complexity index is 396. The molecule has 0 spiro atoms. The maximum Gasteiger partial charge on any atom is 0.159 e. The van der Waals surface area contributed by atoms with Gasteiger partial charge in [-0.3, -0.25) is 0 Å². The van der Waals surface area contributed by atoms with E-state index >= 15 is 0 Å². The number of methoxy groups -OCH3 is 1. The summed E-state index contributed by atoms with van der Waals surface area (Å²) in [7, 11) is 1.69. The fraction of sp³-hybridized carbons (Fsp3) is 0.692. The lowest BCUT2D eigenvalue weighted by Crippen LogP contribution is -2.13. The Morgan fingerprint density at radius 2 is 2.00 bits per heavy atom. The molecule has 0 aliphatic rings. The van der Waals surface area contributed by atoms with E-state index in [1.54, 1.807) is 7.11 Å². The molecule has 102 valence electrons. The quantitative estimate of drug-likeness (QED) is 0.788. The topological polar surface area (TPSA) is 61.0 Å². The minimum absolute atomic E-state index is 0.0554. The van der Waals surface area contributed by atoms with Gasteiger partial charge in [-0.1, -0.05) is 27.2 Å². The number of nitrogens with two attached hydrogens (primary N) is 1. The second kappa shape index (κ2) is 7.23. The maximum atomic E-state index is 5.97. The molecule has 1 aromatic rings. The van der Waals surface area contributed by atoms with Gasteiger partial charge in [-0.15, -0.1) is 0 Å². The molecule has 0 aliphatic carbocycles. The number of aromatic nitrogens is 2. The minimum atomic E-state index is -0.0554. The molecule has 1 heterocycles. The predicted molar refractivity (Wildman–Crippen MR) is 82.4 cm³/mol. The molecule has 5 heteroatoms. The fourth-order valence-corrected chi connectivity index (χ4v) is 2.27. The number of halogens is 1. The van der Waals surface area contributed by atoms with E-state index in [1.165, 1.54) is 0 Å². The molecular formula is C13H22IN3O. The molecular weight excluding hydrogens is 341 g/mol. The first-order valence-corrected chi connectivity index (χ1v) is 7.42. The third-order valence-corrected chi connectivity index (χ3v) is 3.86. The molecule has 0 saturated heterocycles. The van der Waals surface area contributed by atoms with Crippen LogP contribution in [0.2, 0.25) is 0 Å². The van der Waals surface area contributed by atoms with Gasteiger partial charge in [-0.2, -0.15) is 0 Å². The van der Waals surface area contributed by atoms with Gasteiger partial charge in [0.25, 0.3) is 0 Å². The highest BCUT2D eigenvalue weighted by molar-refractivity contribution is 14.1. The van der Waals surface area contributed by atoms with Gasteiger partial charge < -0.3 is 10.5 Å². The highest BCUT2D eigenvalue weighted by Crippen LogP contribution is 2.24. The lowest BCUT2D eigenvalue weighted by Gasteiger charge is -2.16. The Labute approximate surface area is 123 Å². The molecule has 0 aliphatic heterocycles. The Kier molecular flexibility index (Phi) is 6.28. The summed E-state index contributed by atoms with van der Waals surface area (Å²) < 4.78 is 6.42. The molecule has 0 aromatic carbocycles. The third kappa shape index (κ3) is 4.05. The maximum absolute atomic E-state index is 5.97. The molecule has 1 rings (SSSR count). The standard InChI is InChI=1S/C13H22IN3O/c1-5-6-10(18-4)13-16-9(7-8(2)3)11(14)12(15)17-13/h8,10H,5-7H2,1-4H3,(H2,15,16,17). The van der Waals surface area contributed by atoms with E-state index in [-0.39, 0.29) is 6.10 Å². The number of hydrogen-bond acceptors (Lipinski definition) is 4. The average Bonchev–Trinajstić information content (AvgIpc) is 2.31. The highest BCUT2D eigenvalue weighted by atomic mass is 127. The first-order valence-electron chi connectivity index (χ1n) is 6.34. The van der Waals surface area contributed by atoms with E-state index < -0.39 is 0 Å². The molecule has 0 bridgehead atoms. The molecule has 4 nitrogen and oxygen atoms in total. The van der Waals surface area contributed by atoms with Crippen LogP contribution in [0.3, 0.4) is 0 Å². The summed E-state index contributed by atoms with van der Waals surface area (Å²) in [5.74, 6) is 1.83. The van der Waals surface area contributed by atoms with E-state index in [2.05, 4.69) is 53.3 Å². The Morgan fingerprint density at radius 3 is 2.50 bits per heavy atom. The van der Waals surface area contributed by atoms with Crippen molar-refractivity contribution in [3.8, 4) is 0 Å². The molecule has 1 unspecified atom stereocenters. The van der Waals surface area contributed by atoms with Crippen molar-refractivity contribution in [1.82, 2.24) is 9.97 Å². The highest BCUT2D eigenvalue weighted by Gasteiger charge is 2.17. The van der Waals surface area contributed by atoms with Crippen LogP contribution in [0.1, 0.15) is 51.2 Å². The van der Waals surface area contributed by atoms with Crippen LogP contribution in [0.15, 0.2) is 0 Å². The Morgan fingerprint density at radius 1 is 1.33 bits per heavy atom. The molecule has 0 saturated carbocycles. The molecule has 2 N–H and O–H groups in total. The lowest BCUT2D eigenvalue weighted by atomic mass is 10.1. The monoisotopic (exact) mass is 363 g/mol. The van der Waals surface area contributed by atoms with E-state index in [0.717, 1.165) is 28.5 Å². The summed E-state index contributed by atoms with van der Waals surface area (Å²) in [6, 6.07) is 0.